The molecular weight excluding hydrogens is 260 g/mol. The summed E-state index contributed by atoms with van der Waals surface area (Å²) in [6, 6.07) is 8.28. The molecular formula is C17H24N4. The van der Waals surface area contributed by atoms with Gasteiger partial charge in [0.2, 0.25) is 0 Å². The molecule has 1 heterocycles. The fraction of sp³-hybridized carbons (Fsp3) is 0.412. The lowest BCUT2D eigenvalue weighted by Gasteiger charge is -2.22. The molecule has 0 aliphatic rings. The highest BCUT2D eigenvalue weighted by atomic mass is 15.1. The molecule has 2 aromatic rings. The SMILES string of the molecule is Cc1ccc(Nc2cc(NC(C)(C)C)nc(C)n2)c(C)c1. The Bertz CT molecular complexity index is 642. The number of anilines is 3. The van der Waals surface area contributed by atoms with Crippen LogP contribution in [0.15, 0.2) is 24.3 Å². The van der Waals surface area contributed by atoms with Gasteiger partial charge in [-0.3, -0.25) is 0 Å². The number of aromatic nitrogens is 2. The monoisotopic (exact) mass is 284 g/mol. The van der Waals surface area contributed by atoms with E-state index in [1.54, 1.807) is 0 Å². The maximum Gasteiger partial charge on any atom is 0.136 e. The Hall–Kier alpha value is -2.10. The van der Waals surface area contributed by atoms with E-state index in [4.69, 9.17) is 0 Å². The highest BCUT2D eigenvalue weighted by Crippen LogP contribution is 2.22. The fourth-order valence-corrected chi connectivity index (χ4v) is 2.17. The Labute approximate surface area is 127 Å². The lowest BCUT2D eigenvalue weighted by molar-refractivity contribution is 0.629. The van der Waals surface area contributed by atoms with Gasteiger partial charge in [-0.1, -0.05) is 17.7 Å². The molecule has 0 atom stereocenters. The zero-order valence-corrected chi connectivity index (χ0v) is 13.7. The van der Waals surface area contributed by atoms with Crippen molar-refractivity contribution in [2.45, 2.75) is 47.1 Å². The molecule has 21 heavy (non-hydrogen) atoms. The average Bonchev–Trinajstić information content (AvgIpc) is 2.29. The maximum atomic E-state index is 4.46. The standard InChI is InChI=1S/C17H24N4/c1-11-7-8-14(12(2)9-11)20-15-10-16(19-13(3)18-15)21-17(4,5)6/h7-10H,1-6H3,(H2,18,19,20,21). The number of aryl methyl sites for hydroxylation is 3. The van der Waals surface area contributed by atoms with Crippen molar-refractivity contribution in [3.63, 3.8) is 0 Å². The highest BCUT2D eigenvalue weighted by molar-refractivity contribution is 5.63. The predicted molar refractivity (Wildman–Crippen MR) is 89.3 cm³/mol. The van der Waals surface area contributed by atoms with Crippen LogP contribution in [-0.4, -0.2) is 15.5 Å². The van der Waals surface area contributed by atoms with Gasteiger partial charge in [0.1, 0.15) is 17.5 Å². The van der Waals surface area contributed by atoms with Crippen LogP contribution in [0.5, 0.6) is 0 Å². The zero-order chi connectivity index (χ0) is 15.6. The molecule has 1 aromatic carbocycles. The Morgan fingerprint density at radius 2 is 1.57 bits per heavy atom. The van der Waals surface area contributed by atoms with Crippen LogP contribution in [0, 0.1) is 20.8 Å². The first-order valence-electron chi connectivity index (χ1n) is 7.21. The number of nitrogens with zero attached hydrogens (tertiary/aromatic N) is 2. The van der Waals surface area contributed by atoms with Gasteiger partial charge in [-0.2, -0.15) is 0 Å². The van der Waals surface area contributed by atoms with Gasteiger partial charge >= 0.3 is 0 Å². The van der Waals surface area contributed by atoms with Gasteiger partial charge in [-0.15, -0.1) is 0 Å². The second kappa shape index (κ2) is 5.72. The van der Waals surface area contributed by atoms with Crippen LogP contribution in [0.1, 0.15) is 37.7 Å². The minimum Gasteiger partial charge on any atom is -0.365 e. The molecule has 1 aromatic heterocycles. The van der Waals surface area contributed by atoms with Crippen molar-refractivity contribution in [2.24, 2.45) is 0 Å². The van der Waals surface area contributed by atoms with Gasteiger partial charge in [0, 0.05) is 17.3 Å². The van der Waals surface area contributed by atoms with Crippen molar-refractivity contribution in [1.29, 1.82) is 0 Å². The third-order valence-electron chi connectivity index (χ3n) is 2.99. The van der Waals surface area contributed by atoms with Crippen molar-refractivity contribution < 1.29 is 0 Å². The topological polar surface area (TPSA) is 49.8 Å². The number of hydrogen-bond acceptors (Lipinski definition) is 4. The van der Waals surface area contributed by atoms with Gasteiger partial charge in [-0.05, 0) is 53.2 Å². The molecule has 0 bridgehead atoms. The van der Waals surface area contributed by atoms with Gasteiger partial charge in [0.25, 0.3) is 0 Å². The maximum absolute atomic E-state index is 4.46. The number of hydrogen-bond donors (Lipinski definition) is 2. The molecule has 0 radical (unpaired) electrons. The molecule has 0 aliphatic carbocycles. The molecule has 4 heteroatoms. The van der Waals surface area contributed by atoms with Crippen molar-refractivity contribution in [3.05, 3.63) is 41.2 Å². The second-order valence-electron chi connectivity index (χ2n) is 6.50. The van der Waals surface area contributed by atoms with Gasteiger partial charge in [0.15, 0.2) is 0 Å². The van der Waals surface area contributed by atoms with E-state index in [2.05, 4.69) is 73.4 Å². The minimum absolute atomic E-state index is 0.0299. The van der Waals surface area contributed by atoms with E-state index in [1.165, 1.54) is 11.1 Å². The summed E-state index contributed by atoms with van der Waals surface area (Å²) in [6.45, 7) is 12.4. The van der Waals surface area contributed by atoms with Crippen LogP contribution in [0.4, 0.5) is 17.3 Å². The molecule has 112 valence electrons. The Morgan fingerprint density at radius 3 is 2.19 bits per heavy atom. The average molecular weight is 284 g/mol. The van der Waals surface area contributed by atoms with Gasteiger partial charge in [0.05, 0.1) is 0 Å². The van der Waals surface area contributed by atoms with E-state index in [0.29, 0.717) is 0 Å². The second-order valence-corrected chi connectivity index (χ2v) is 6.50. The van der Waals surface area contributed by atoms with E-state index >= 15 is 0 Å². The summed E-state index contributed by atoms with van der Waals surface area (Å²) in [5.41, 5.74) is 3.50. The first-order valence-corrected chi connectivity index (χ1v) is 7.21. The predicted octanol–water partition coefficient (Wildman–Crippen LogP) is 4.36. The van der Waals surface area contributed by atoms with Crippen LogP contribution in [0.2, 0.25) is 0 Å². The Morgan fingerprint density at radius 1 is 0.905 bits per heavy atom. The van der Waals surface area contributed by atoms with Crippen molar-refractivity contribution in [2.75, 3.05) is 10.6 Å². The molecule has 2 N–H and O–H groups in total. The Kier molecular flexibility index (Phi) is 4.16. The highest BCUT2D eigenvalue weighted by Gasteiger charge is 2.12. The van der Waals surface area contributed by atoms with E-state index < -0.39 is 0 Å². The van der Waals surface area contributed by atoms with Gasteiger partial charge < -0.3 is 10.6 Å². The summed E-state index contributed by atoms with van der Waals surface area (Å²) in [5, 5.41) is 6.76. The normalized spacial score (nSPS) is 11.3. The summed E-state index contributed by atoms with van der Waals surface area (Å²) in [4.78, 5) is 8.90. The summed E-state index contributed by atoms with van der Waals surface area (Å²) in [6.07, 6.45) is 0. The summed E-state index contributed by atoms with van der Waals surface area (Å²) >= 11 is 0. The molecule has 0 spiro atoms. The molecule has 4 nitrogen and oxygen atoms in total. The third-order valence-corrected chi connectivity index (χ3v) is 2.99. The molecule has 0 fully saturated rings. The lowest BCUT2D eigenvalue weighted by atomic mass is 10.1. The smallest absolute Gasteiger partial charge is 0.136 e. The van der Waals surface area contributed by atoms with Crippen LogP contribution >= 0.6 is 0 Å². The first-order chi connectivity index (χ1) is 9.73. The van der Waals surface area contributed by atoms with E-state index in [1.807, 2.05) is 13.0 Å². The van der Waals surface area contributed by atoms with Gasteiger partial charge in [-0.25, -0.2) is 9.97 Å². The number of benzene rings is 1. The summed E-state index contributed by atoms with van der Waals surface area (Å²) in [5.74, 6) is 2.39. The van der Waals surface area contributed by atoms with Crippen LogP contribution in [-0.2, 0) is 0 Å². The van der Waals surface area contributed by atoms with Crippen molar-refractivity contribution in [1.82, 2.24) is 9.97 Å². The van der Waals surface area contributed by atoms with Crippen LogP contribution in [0.25, 0.3) is 0 Å². The van der Waals surface area contributed by atoms with Crippen molar-refractivity contribution >= 4 is 17.3 Å². The first kappa shape index (κ1) is 15.3. The minimum atomic E-state index is -0.0299. The van der Waals surface area contributed by atoms with Crippen molar-refractivity contribution in [3.8, 4) is 0 Å². The third kappa shape index (κ3) is 4.45. The molecule has 0 unspecified atom stereocenters. The van der Waals surface area contributed by atoms with Crippen LogP contribution < -0.4 is 10.6 Å². The molecule has 0 saturated heterocycles. The quantitative estimate of drug-likeness (QED) is 0.879. The fourth-order valence-electron chi connectivity index (χ4n) is 2.17. The molecule has 0 aliphatic heterocycles. The molecule has 0 amide bonds. The molecule has 2 rings (SSSR count). The summed E-state index contributed by atoms with van der Waals surface area (Å²) < 4.78 is 0. The zero-order valence-electron chi connectivity index (χ0n) is 13.7. The van der Waals surface area contributed by atoms with E-state index in [-0.39, 0.29) is 5.54 Å². The number of nitrogens with one attached hydrogen (secondary N) is 2. The van der Waals surface area contributed by atoms with Crippen LogP contribution in [0.3, 0.4) is 0 Å². The summed E-state index contributed by atoms with van der Waals surface area (Å²) in [7, 11) is 0. The Balaban J connectivity index is 2.27. The lowest BCUT2D eigenvalue weighted by Crippen LogP contribution is -2.27. The van der Waals surface area contributed by atoms with E-state index in [0.717, 1.165) is 23.1 Å². The largest absolute Gasteiger partial charge is 0.365 e. The van der Waals surface area contributed by atoms with E-state index in [9.17, 15) is 0 Å². The molecule has 0 saturated carbocycles. The number of rotatable bonds is 3.